The van der Waals surface area contributed by atoms with Crippen LogP contribution >= 0.6 is 0 Å². The maximum atomic E-state index is 5.56. The lowest BCUT2D eigenvalue weighted by atomic mass is 10.0. The Morgan fingerprint density at radius 1 is 1.39 bits per heavy atom. The normalized spacial score (nSPS) is 14.7. The smallest absolute Gasteiger partial charge is 0.138 e. The Kier molecular flexibility index (Phi) is 6.90. The molecule has 0 radical (unpaired) electrons. The van der Waals surface area contributed by atoms with Gasteiger partial charge in [0.15, 0.2) is 0 Å². The van der Waals surface area contributed by atoms with Gasteiger partial charge < -0.3 is 10.1 Å². The summed E-state index contributed by atoms with van der Waals surface area (Å²) in [5.74, 6) is 1.03. The third-order valence-corrected chi connectivity index (χ3v) is 3.21. The molecule has 1 N–H and O–H groups in total. The Bertz CT molecular complexity index is 323. The van der Waals surface area contributed by atoms with Gasteiger partial charge in [-0.3, -0.25) is 4.68 Å². The fraction of sp³-hybridized carbons (Fsp3) is 0.846. The molecule has 0 aliphatic rings. The fourth-order valence-corrected chi connectivity index (χ4v) is 2.19. The molecular weight excluding hydrogens is 228 g/mol. The van der Waals surface area contributed by atoms with E-state index in [4.69, 9.17) is 4.74 Å². The molecule has 5 heteroatoms. The lowest BCUT2D eigenvalue weighted by molar-refractivity contribution is 0.0644. The van der Waals surface area contributed by atoms with E-state index in [1.165, 1.54) is 0 Å². The van der Waals surface area contributed by atoms with Gasteiger partial charge in [-0.2, -0.15) is 5.10 Å². The van der Waals surface area contributed by atoms with Gasteiger partial charge in [0.25, 0.3) is 0 Å². The molecule has 18 heavy (non-hydrogen) atoms. The lowest BCUT2D eigenvalue weighted by Gasteiger charge is -2.26. The summed E-state index contributed by atoms with van der Waals surface area (Å²) in [5, 5.41) is 7.77. The average Bonchev–Trinajstić information content (AvgIpc) is 2.84. The minimum atomic E-state index is 0.221. The number of aryl methyl sites for hydroxylation is 1. The first-order chi connectivity index (χ1) is 8.76. The van der Waals surface area contributed by atoms with Gasteiger partial charge in [-0.15, -0.1) is 0 Å². The molecule has 2 unspecified atom stereocenters. The SMILES string of the molecule is CCCNC(Cc1ncnn1CC)C(CC)OC. The van der Waals surface area contributed by atoms with Gasteiger partial charge in [-0.1, -0.05) is 13.8 Å². The topological polar surface area (TPSA) is 52.0 Å². The van der Waals surface area contributed by atoms with Crippen LogP contribution in [-0.4, -0.2) is 40.6 Å². The van der Waals surface area contributed by atoms with Crippen LogP contribution in [0.2, 0.25) is 0 Å². The molecule has 5 nitrogen and oxygen atoms in total. The zero-order valence-electron chi connectivity index (χ0n) is 12.0. The highest BCUT2D eigenvalue weighted by molar-refractivity contribution is 4.92. The van der Waals surface area contributed by atoms with Crippen LogP contribution < -0.4 is 5.32 Å². The van der Waals surface area contributed by atoms with Crippen LogP contribution in [0.1, 0.15) is 39.4 Å². The van der Waals surface area contributed by atoms with E-state index >= 15 is 0 Å². The minimum Gasteiger partial charge on any atom is -0.380 e. The molecule has 0 spiro atoms. The largest absolute Gasteiger partial charge is 0.380 e. The minimum absolute atomic E-state index is 0.221. The molecule has 0 aliphatic heterocycles. The summed E-state index contributed by atoms with van der Waals surface area (Å²) >= 11 is 0. The molecule has 1 aromatic rings. The first-order valence-corrected chi connectivity index (χ1v) is 6.89. The number of ether oxygens (including phenoxy) is 1. The van der Waals surface area contributed by atoms with Gasteiger partial charge >= 0.3 is 0 Å². The van der Waals surface area contributed by atoms with Crippen molar-refractivity contribution in [3.63, 3.8) is 0 Å². The van der Waals surface area contributed by atoms with Crippen molar-refractivity contribution >= 4 is 0 Å². The number of aromatic nitrogens is 3. The summed E-state index contributed by atoms with van der Waals surface area (Å²) in [6.45, 7) is 8.27. The predicted octanol–water partition coefficient (Wildman–Crippen LogP) is 1.63. The maximum absolute atomic E-state index is 5.56. The van der Waals surface area contributed by atoms with Crippen LogP contribution in [0.15, 0.2) is 6.33 Å². The van der Waals surface area contributed by atoms with E-state index in [2.05, 4.69) is 36.2 Å². The monoisotopic (exact) mass is 254 g/mol. The van der Waals surface area contributed by atoms with Crippen molar-refractivity contribution in [3.05, 3.63) is 12.2 Å². The molecule has 0 bridgehead atoms. The molecule has 0 aliphatic carbocycles. The zero-order chi connectivity index (χ0) is 13.4. The molecule has 1 aromatic heterocycles. The number of rotatable bonds is 9. The highest BCUT2D eigenvalue weighted by Crippen LogP contribution is 2.09. The molecule has 0 saturated carbocycles. The first-order valence-electron chi connectivity index (χ1n) is 6.89. The van der Waals surface area contributed by atoms with Crippen LogP contribution in [0, 0.1) is 0 Å². The third kappa shape index (κ3) is 4.07. The standard InChI is InChI=1S/C13H26N4O/c1-5-8-14-11(12(6-2)18-4)9-13-15-10-16-17(13)7-3/h10-12,14H,5-9H2,1-4H3. The second-order valence-corrected chi connectivity index (χ2v) is 4.44. The summed E-state index contributed by atoms with van der Waals surface area (Å²) < 4.78 is 7.51. The molecular formula is C13H26N4O. The van der Waals surface area contributed by atoms with E-state index in [0.717, 1.165) is 38.2 Å². The number of nitrogens with zero attached hydrogens (tertiary/aromatic N) is 3. The summed E-state index contributed by atoms with van der Waals surface area (Å²) in [6, 6.07) is 0.300. The molecule has 104 valence electrons. The Hall–Kier alpha value is -0.940. The third-order valence-electron chi connectivity index (χ3n) is 3.21. The van der Waals surface area contributed by atoms with Gasteiger partial charge in [-0.05, 0) is 26.3 Å². The van der Waals surface area contributed by atoms with Crippen molar-refractivity contribution in [2.24, 2.45) is 0 Å². The van der Waals surface area contributed by atoms with Gasteiger partial charge in [0.2, 0.25) is 0 Å². The second-order valence-electron chi connectivity index (χ2n) is 4.44. The average molecular weight is 254 g/mol. The molecule has 0 fully saturated rings. The molecule has 1 rings (SSSR count). The Labute approximate surface area is 110 Å². The van der Waals surface area contributed by atoms with Crippen molar-refractivity contribution in [2.45, 2.75) is 58.7 Å². The van der Waals surface area contributed by atoms with Crippen LogP contribution in [0.4, 0.5) is 0 Å². The molecule has 0 aromatic carbocycles. The van der Waals surface area contributed by atoms with Crippen molar-refractivity contribution in [3.8, 4) is 0 Å². The van der Waals surface area contributed by atoms with Crippen molar-refractivity contribution in [2.75, 3.05) is 13.7 Å². The molecule has 1 heterocycles. The van der Waals surface area contributed by atoms with Gasteiger partial charge in [0.1, 0.15) is 12.2 Å². The van der Waals surface area contributed by atoms with Crippen molar-refractivity contribution < 1.29 is 4.74 Å². The molecule has 0 saturated heterocycles. The summed E-state index contributed by atoms with van der Waals surface area (Å²) in [5.41, 5.74) is 0. The molecule has 0 amide bonds. The van der Waals surface area contributed by atoms with E-state index in [1.807, 2.05) is 4.68 Å². The van der Waals surface area contributed by atoms with Crippen LogP contribution in [0.3, 0.4) is 0 Å². The Morgan fingerprint density at radius 2 is 2.17 bits per heavy atom. The van der Waals surface area contributed by atoms with Crippen molar-refractivity contribution in [1.29, 1.82) is 0 Å². The van der Waals surface area contributed by atoms with Crippen LogP contribution in [0.25, 0.3) is 0 Å². The quantitative estimate of drug-likeness (QED) is 0.728. The van der Waals surface area contributed by atoms with Gasteiger partial charge in [0.05, 0.1) is 6.10 Å². The van der Waals surface area contributed by atoms with E-state index in [0.29, 0.717) is 6.04 Å². The maximum Gasteiger partial charge on any atom is 0.138 e. The highest BCUT2D eigenvalue weighted by atomic mass is 16.5. The number of nitrogens with one attached hydrogen (secondary N) is 1. The number of methoxy groups -OCH3 is 1. The second kappa shape index (κ2) is 8.21. The fourth-order valence-electron chi connectivity index (χ4n) is 2.19. The van der Waals surface area contributed by atoms with E-state index in [-0.39, 0.29) is 6.10 Å². The summed E-state index contributed by atoms with van der Waals surface area (Å²) in [7, 11) is 1.78. The van der Waals surface area contributed by atoms with Crippen LogP contribution in [0.5, 0.6) is 0 Å². The first kappa shape index (κ1) is 15.1. The predicted molar refractivity (Wildman–Crippen MR) is 72.6 cm³/mol. The van der Waals surface area contributed by atoms with E-state index in [9.17, 15) is 0 Å². The summed E-state index contributed by atoms with van der Waals surface area (Å²) in [6.07, 6.45) is 4.83. The summed E-state index contributed by atoms with van der Waals surface area (Å²) in [4.78, 5) is 4.34. The Balaban J connectivity index is 2.70. The lowest BCUT2D eigenvalue weighted by Crippen LogP contribution is -2.43. The Morgan fingerprint density at radius 3 is 2.72 bits per heavy atom. The van der Waals surface area contributed by atoms with Crippen molar-refractivity contribution in [1.82, 2.24) is 20.1 Å². The number of hydrogen-bond donors (Lipinski definition) is 1. The van der Waals surface area contributed by atoms with E-state index < -0.39 is 0 Å². The van der Waals surface area contributed by atoms with Gasteiger partial charge in [0, 0.05) is 26.1 Å². The molecule has 2 atom stereocenters. The van der Waals surface area contributed by atoms with Crippen LogP contribution in [-0.2, 0) is 17.7 Å². The highest BCUT2D eigenvalue weighted by Gasteiger charge is 2.21. The number of hydrogen-bond acceptors (Lipinski definition) is 4. The van der Waals surface area contributed by atoms with E-state index in [1.54, 1.807) is 13.4 Å². The zero-order valence-corrected chi connectivity index (χ0v) is 12.0. The van der Waals surface area contributed by atoms with Gasteiger partial charge in [-0.25, -0.2) is 4.98 Å².